The molecule has 6 nitrogen and oxygen atoms in total. The highest BCUT2D eigenvalue weighted by molar-refractivity contribution is 7.09. The zero-order valence-electron chi connectivity index (χ0n) is 18.1. The van der Waals surface area contributed by atoms with E-state index in [2.05, 4.69) is 32.7 Å². The first-order valence-electron chi connectivity index (χ1n) is 10.5. The molecular weight excluding hydrogens is 398 g/mol. The van der Waals surface area contributed by atoms with Gasteiger partial charge in [0.25, 0.3) is 11.8 Å². The smallest absolute Gasteiger partial charge is 0.273 e. The standard InChI is InChI=1S/C23H29N3O3S/c1-15-7-9-25(10-8-15)22(28)17-14-30-20(24-17)12-26-18-11-16(23(2,3)4)5-6-19(18)29-13-21(26)27/h5-6,11,14-15H,7-10,12-13H2,1-4H3. The highest BCUT2D eigenvalue weighted by atomic mass is 32.1. The second kappa shape index (κ2) is 8.02. The number of anilines is 1. The minimum absolute atomic E-state index is 0.00637. The first-order chi connectivity index (χ1) is 14.2. The third-order valence-corrected chi connectivity index (χ3v) is 6.74. The van der Waals surface area contributed by atoms with Crippen LogP contribution >= 0.6 is 11.3 Å². The normalized spacial score (nSPS) is 17.7. The molecule has 2 aliphatic rings. The van der Waals surface area contributed by atoms with Gasteiger partial charge in [0.2, 0.25) is 0 Å². The van der Waals surface area contributed by atoms with Gasteiger partial charge in [-0.05, 0) is 41.9 Å². The fraction of sp³-hybridized carbons (Fsp3) is 0.522. The third kappa shape index (κ3) is 4.21. The van der Waals surface area contributed by atoms with Crippen LogP contribution in [-0.2, 0) is 16.8 Å². The molecule has 0 N–H and O–H groups in total. The van der Waals surface area contributed by atoms with Crippen molar-refractivity contribution in [1.82, 2.24) is 9.88 Å². The topological polar surface area (TPSA) is 62.7 Å². The van der Waals surface area contributed by atoms with Crippen molar-refractivity contribution in [2.75, 3.05) is 24.6 Å². The van der Waals surface area contributed by atoms with E-state index in [0.717, 1.165) is 42.2 Å². The van der Waals surface area contributed by atoms with Crippen molar-refractivity contribution in [3.63, 3.8) is 0 Å². The van der Waals surface area contributed by atoms with Crippen LogP contribution < -0.4 is 9.64 Å². The minimum Gasteiger partial charge on any atom is -0.482 e. The highest BCUT2D eigenvalue weighted by Gasteiger charge is 2.29. The van der Waals surface area contributed by atoms with Gasteiger partial charge in [-0.2, -0.15) is 0 Å². The molecule has 7 heteroatoms. The summed E-state index contributed by atoms with van der Waals surface area (Å²) in [5.41, 5.74) is 2.35. The molecule has 160 valence electrons. The van der Waals surface area contributed by atoms with Gasteiger partial charge in [0.1, 0.15) is 16.5 Å². The van der Waals surface area contributed by atoms with Crippen LogP contribution in [0.25, 0.3) is 0 Å². The van der Waals surface area contributed by atoms with E-state index in [1.165, 1.54) is 11.3 Å². The summed E-state index contributed by atoms with van der Waals surface area (Å²) < 4.78 is 5.63. The third-order valence-electron chi connectivity index (χ3n) is 5.90. The van der Waals surface area contributed by atoms with E-state index in [4.69, 9.17) is 4.74 Å². The number of likely N-dealkylation sites (tertiary alicyclic amines) is 1. The molecule has 3 heterocycles. The second-order valence-electron chi connectivity index (χ2n) is 9.30. The maximum Gasteiger partial charge on any atom is 0.273 e. The lowest BCUT2D eigenvalue weighted by Gasteiger charge is -2.31. The average molecular weight is 428 g/mol. The van der Waals surface area contributed by atoms with Crippen molar-refractivity contribution in [1.29, 1.82) is 0 Å². The number of thiazole rings is 1. The summed E-state index contributed by atoms with van der Waals surface area (Å²) in [5.74, 6) is 1.28. The Hall–Kier alpha value is -2.41. The van der Waals surface area contributed by atoms with Crippen molar-refractivity contribution >= 4 is 28.8 Å². The van der Waals surface area contributed by atoms with Crippen LogP contribution in [0.15, 0.2) is 23.6 Å². The van der Waals surface area contributed by atoms with Gasteiger partial charge in [0, 0.05) is 18.5 Å². The van der Waals surface area contributed by atoms with Gasteiger partial charge < -0.3 is 9.64 Å². The van der Waals surface area contributed by atoms with Crippen LogP contribution in [0.4, 0.5) is 5.69 Å². The van der Waals surface area contributed by atoms with Gasteiger partial charge in [0.05, 0.1) is 12.2 Å². The largest absolute Gasteiger partial charge is 0.482 e. The van der Waals surface area contributed by atoms with E-state index >= 15 is 0 Å². The number of piperidine rings is 1. The maximum absolute atomic E-state index is 12.8. The number of nitrogens with zero attached hydrogens (tertiary/aromatic N) is 3. The minimum atomic E-state index is -0.0957. The van der Waals surface area contributed by atoms with Crippen LogP contribution in [0.3, 0.4) is 0 Å². The summed E-state index contributed by atoms with van der Waals surface area (Å²) in [6, 6.07) is 6.01. The molecule has 1 fully saturated rings. The molecule has 2 aromatic rings. The first-order valence-corrected chi connectivity index (χ1v) is 11.4. The predicted octanol–water partition coefficient (Wildman–Crippen LogP) is 4.24. The molecular formula is C23H29N3O3S. The van der Waals surface area contributed by atoms with Gasteiger partial charge in [-0.3, -0.25) is 14.5 Å². The molecule has 1 aromatic carbocycles. The molecule has 0 bridgehead atoms. The summed E-state index contributed by atoms with van der Waals surface area (Å²) in [7, 11) is 0. The Balaban J connectivity index is 1.54. The Morgan fingerprint density at radius 1 is 1.27 bits per heavy atom. The van der Waals surface area contributed by atoms with Crippen LogP contribution in [-0.4, -0.2) is 41.4 Å². The number of ether oxygens (including phenoxy) is 1. The van der Waals surface area contributed by atoms with Gasteiger partial charge >= 0.3 is 0 Å². The second-order valence-corrected chi connectivity index (χ2v) is 10.2. The molecule has 0 aliphatic carbocycles. The fourth-order valence-electron chi connectivity index (χ4n) is 3.83. The van der Waals surface area contributed by atoms with E-state index in [1.54, 1.807) is 4.90 Å². The first kappa shape index (κ1) is 20.8. The molecule has 30 heavy (non-hydrogen) atoms. The number of hydrogen-bond acceptors (Lipinski definition) is 5. The molecule has 0 saturated carbocycles. The number of benzene rings is 1. The molecule has 4 rings (SSSR count). The van der Waals surface area contributed by atoms with Crippen molar-refractivity contribution in [3.8, 4) is 5.75 Å². The Morgan fingerprint density at radius 2 is 2.00 bits per heavy atom. The van der Waals surface area contributed by atoms with Crippen LogP contribution in [0, 0.1) is 5.92 Å². The van der Waals surface area contributed by atoms with Gasteiger partial charge in [-0.15, -0.1) is 11.3 Å². The zero-order chi connectivity index (χ0) is 21.5. The van der Waals surface area contributed by atoms with E-state index in [1.807, 2.05) is 28.5 Å². The van der Waals surface area contributed by atoms with Gasteiger partial charge in [-0.25, -0.2) is 4.98 Å². The van der Waals surface area contributed by atoms with E-state index in [9.17, 15) is 9.59 Å². The number of fused-ring (bicyclic) bond motifs is 1. The quantitative estimate of drug-likeness (QED) is 0.735. The highest BCUT2D eigenvalue weighted by Crippen LogP contribution is 2.37. The molecule has 1 saturated heterocycles. The summed E-state index contributed by atoms with van der Waals surface area (Å²) in [6.07, 6.45) is 2.08. The van der Waals surface area contributed by atoms with Crippen LogP contribution in [0.5, 0.6) is 5.75 Å². The molecule has 0 radical (unpaired) electrons. The van der Waals surface area contributed by atoms with Crippen molar-refractivity contribution in [2.45, 2.75) is 52.5 Å². The monoisotopic (exact) mass is 427 g/mol. The molecule has 1 aromatic heterocycles. The lowest BCUT2D eigenvalue weighted by Crippen LogP contribution is -2.39. The van der Waals surface area contributed by atoms with E-state index in [-0.39, 0.29) is 23.8 Å². The number of carbonyl (C=O) groups excluding carboxylic acids is 2. The number of amides is 2. The SMILES string of the molecule is CC1CCN(C(=O)c2csc(CN3C(=O)COc4ccc(C(C)(C)C)cc43)n2)CC1. The Kier molecular flexibility index (Phi) is 5.57. The lowest BCUT2D eigenvalue weighted by molar-refractivity contribution is -0.121. The molecule has 2 aliphatic heterocycles. The maximum atomic E-state index is 12.8. The number of hydrogen-bond donors (Lipinski definition) is 0. The number of rotatable bonds is 3. The van der Waals surface area contributed by atoms with Crippen molar-refractivity contribution in [3.05, 3.63) is 39.8 Å². The van der Waals surface area contributed by atoms with Crippen molar-refractivity contribution < 1.29 is 14.3 Å². The molecule has 0 unspecified atom stereocenters. The number of carbonyl (C=O) groups is 2. The predicted molar refractivity (Wildman–Crippen MR) is 118 cm³/mol. The van der Waals surface area contributed by atoms with E-state index < -0.39 is 0 Å². The summed E-state index contributed by atoms with van der Waals surface area (Å²) in [5, 5.41) is 2.57. The summed E-state index contributed by atoms with van der Waals surface area (Å²) in [6.45, 7) is 10.6. The number of aromatic nitrogens is 1. The van der Waals surface area contributed by atoms with Gasteiger partial charge in [0.15, 0.2) is 6.61 Å². The summed E-state index contributed by atoms with van der Waals surface area (Å²) >= 11 is 1.43. The molecule has 2 amide bonds. The molecule has 0 atom stereocenters. The van der Waals surface area contributed by atoms with Crippen LogP contribution in [0.2, 0.25) is 0 Å². The summed E-state index contributed by atoms with van der Waals surface area (Å²) in [4.78, 5) is 33.6. The molecule has 0 spiro atoms. The fourth-order valence-corrected chi connectivity index (χ4v) is 4.59. The Morgan fingerprint density at radius 3 is 2.70 bits per heavy atom. The van der Waals surface area contributed by atoms with Gasteiger partial charge in [-0.1, -0.05) is 33.8 Å². The zero-order valence-corrected chi connectivity index (χ0v) is 18.9. The van der Waals surface area contributed by atoms with Crippen molar-refractivity contribution in [2.24, 2.45) is 5.92 Å². The van der Waals surface area contributed by atoms with E-state index in [0.29, 0.717) is 23.9 Å². The Bertz CT molecular complexity index is 955. The lowest BCUT2D eigenvalue weighted by atomic mass is 9.86. The average Bonchev–Trinajstić information content (AvgIpc) is 3.18. The Labute approximate surface area is 181 Å². The van der Waals surface area contributed by atoms with Crippen LogP contribution in [0.1, 0.15) is 61.6 Å².